The van der Waals surface area contributed by atoms with Crippen LogP contribution in [0, 0.1) is 5.92 Å². The minimum atomic E-state index is -0.163. The second-order valence-electron chi connectivity index (χ2n) is 6.12. The van der Waals surface area contributed by atoms with Crippen LogP contribution in [-0.4, -0.2) is 34.5 Å². The highest BCUT2D eigenvalue weighted by Gasteiger charge is 2.32. The first-order valence-electron chi connectivity index (χ1n) is 7.62. The fourth-order valence-corrected chi connectivity index (χ4v) is 3.34. The van der Waals surface area contributed by atoms with Gasteiger partial charge in [-0.3, -0.25) is 9.59 Å². The quantitative estimate of drug-likeness (QED) is 0.909. The number of nitrogens with zero attached hydrogens (tertiary/aromatic N) is 2. The maximum Gasteiger partial charge on any atom is 0.254 e. The van der Waals surface area contributed by atoms with E-state index in [1.807, 2.05) is 36.1 Å². The number of nitrogens with two attached hydrogens (primary N) is 1. The average molecular weight is 336 g/mol. The molecule has 2 aromatic rings. The van der Waals surface area contributed by atoms with Gasteiger partial charge in [0.05, 0.1) is 11.1 Å². The van der Waals surface area contributed by atoms with Gasteiger partial charge in [-0.1, -0.05) is 18.2 Å². The van der Waals surface area contributed by atoms with Crippen LogP contribution in [-0.2, 0) is 7.05 Å². The van der Waals surface area contributed by atoms with Crippen LogP contribution in [0.3, 0.4) is 0 Å². The van der Waals surface area contributed by atoms with Crippen molar-refractivity contribution in [3.05, 3.63) is 46.2 Å². The van der Waals surface area contributed by atoms with Gasteiger partial charge < -0.3 is 15.2 Å². The van der Waals surface area contributed by atoms with Gasteiger partial charge in [0.1, 0.15) is 0 Å². The van der Waals surface area contributed by atoms with E-state index in [4.69, 9.17) is 5.73 Å². The monoisotopic (exact) mass is 335 g/mol. The Kier molecular flexibility index (Phi) is 5.12. The summed E-state index contributed by atoms with van der Waals surface area (Å²) in [6.07, 6.45) is 0.922. The van der Waals surface area contributed by atoms with Crippen molar-refractivity contribution in [2.75, 3.05) is 13.1 Å². The average Bonchev–Trinajstić information content (AvgIpc) is 2.91. The van der Waals surface area contributed by atoms with Crippen LogP contribution in [0.15, 0.2) is 35.1 Å². The van der Waals surface area contributed by atoms with Crippen molar-refractivity contribution in [3.63, 3.8) is 0 Å². The molecular weight excluding hydrogens is 314 g/mol. The molecule has 2 atom stereocenters. The maximum atomic E-state index is 12.9. The van der Waals surface area contributed by atoms with E-state index in [2.05, 4.69) is 0 Å². The summed E-state index contributed by atoms with van der Waals surface area (Å²) >= 11 is 0. The summed E-state index contributed by atoms with van der Waals surface area (Å²) < 4.78 is 1.57. The highest BCUT2D eigenvalue weighted by Crippen LogP contribution is 2.26. The van der Waals surface area contributed by atoms with E-state index in [1.54, 1.807) is 11.6 Å². The molecule has 1 fully saturated rings. The minimum Gasteiger partial charge on any atom is -0.336 e. The van der Waals surface area contributed by atoms with Crippen LogP contribution in [0.25, 0.3) is 10.9 Å². The Bertz CT molecular complexity index is 787. The zero-order valence-corrected chi connectivity index (χ0v) is 14.2. The normalized spacial score (nSPS) is 20.6. The fraction of sp³-hybridized carbons (Fsp3) is 0.412. The number of fused-ring (bicyclic) bond motifs is 1. The molecular formula is C17H22ClN3O2. The van der Waals surface area contributed by atoms with Gasteiger partial charge >= 0.3 is 0 Å². The van der Waals surface area contributed by atoms with Crippen LogP contribution in [0.1, 0.15) is 23.7 Å². The lowest BCUT2D eigenvalue weighted by atomic mass is 10.1. The van der Waals surface area contributed by atoms with Crippen molar-refractivity contribution in [2.45, 2.75) is 19.4 Å². The number of aryl methyl sites for hydroxylation is 1. The molecule has 0 saturated carbocycles. The zero-order valence-electron chi connectivity index (χ0n) is 13.4. The molecule has 124 valence electrons. The van der Waals surface area contributed by atoms with E-state index in [1.165, 1.54) is 6.07 Å². The summed E-state index contributed by atoms with van der Waals surface area (Å²) in [5, 5.41) is 0.818. The van der Waals surface area contributed by atoms with E-state index >= 15 is 0 Å². The Morgan fingerprint density at radius 3 is 2.70 bits per heavy atom. The molecule has 1 aromatic carbocycles. The van der Waals surface area contributed by atoms with E-state index in [0.29, 0.717) is 24.6 Å². The van der Waals surface area contributed by atoms with Crippen molar-refractivity contribution in [1.82, 2.24) is 9.47 Å². The topological polar surface area (TPSA) is 68.3 Å². The highest BCUT2D eigenvalue weighted by molar-refractivity contribution is 6.06. The summed E-state index contributed by atoms with van der Waals surface area (Å²) in [6.45, 7) is 3.29. The second kappa shape index (κ2) is 6.72. The molecule has 1 saturated heterocycles. The van der Waals surface area contributed by atoms with Gasteiger partial charge in [0.15, 0.2) is 0 Å². The van der Waals surface area contributed by atoms with Crippen molar-refractivity contribution in [2.24, 2.45) is 18.7 Å². The lowest BCUT2D eigenvalue weighted by Gasteiger charge is -2.22. The molecule has 2 N–H and O–H groups in total. The first kappa shape index (κ1) is 17.5. The molecule has 0 bridgehead atoms. The molecule has 6 heteroatoms. The molecule has 23 heavy (non-hydrogen) atoms. The van der Waals surface area contributed by atoms with Crippen molar-refractivity contribution >= 4 is 29.2 Å². The van der Waals surface area contributed by atoms with Crippen molar-refractivity contribution in [1.29, 1.82) is 0 Å². The predicted octanol–water partition coefficient (Wildman–Crippen LogP) is 1.77. The maximum absolute atomic E-state index is 12.9. The lowest BCUT2D eigenvalue weighted by molar-refractivity contribution is 0.0745. The number of likely N-dealkylation sites (tertiary alicyclic amines) is 1. The molecule has 1 amide bonds. The molecule has 5 nitrogen and oxygen atoms in total. The summed E-state index contributed by atoms with van der Waals surface area (Å²) in [7, 11) is 1.72. The number of amides is 1. The van der Waals surface area contributed by atoms with Crippen LogP contribution >= 0.6 is 12.4 Å². The van der Waals surface area contributed by atoms with Crippen LogP contribution in [0.2, 0.25) is 0 Å². The van der Waals surface area contributed by atoms with E-state index in [9.17, 15) is 9.59 Å². The summed E-state index contributed by atoms with van der Waals surface area (Å²) in [4.78, 5) is 26.9. The van der Waals surface area contributed by atoms with Gasteiger partial charge in [-0.15, -0.1) is 12.4 Å². The van der Waals surface area contributed by atoms with E-state index in [0.717, 1.165) is 17.3 Å². The Hall–Kier alpha value is -1.85. The van der Waals surface area contributed by atoms with Gasteiger partial charge in [-0.05, 0) is 31.9 Å². The Balaban J connectivity index is 0.00000192. The molecule has 1 aliphatic rings. The molecule has 1 aromatic heterocycles. The third-order valence-corrected chi connectivity index (χ3v) is 4.64. The summed E-state index contributed by atoms with van der Waals surface area (Å²) in [5.41, 5.74) is 6.84. The van der Waals surface area contributed by atoms with Gasteiger partial charge in [0.25, 0.3) is 11.5 Å². The molecule has 0 aliphatic carbocycles. The number of para-hydroxylation sites is 1. The third kappa shape index (κ3) is 2.99. The Morgan fingerprint density at radius 1 is 1.35 bits per heavy atom. The summed E-state index contributed by atoms with van der Waals surface area (Å²) in [6, 6.07) is 9.13. The van der Waals surface area contributed by atoms with Crippen molar-refractivity contribution < 1.29 is 4.79 Å². The molecule has 2 heterocycles. The molecule has 2 unspecified atom stereocenters. The highest BCUT2D eigenvalue weighted by atomic mass is 35.5. The number of carbonyl (C=O) groups is 1. The van der Waals surface area contributed by atoms with Gasteiger partial charge in [-0.25, -0.2) is 0 Å². The molecule has 1 aliphatic heterocycles. The standard InChI is InChI=1S/C17H21N3O2.ClH/c1-11-7-12(9-18)10-20(11)17(22)14-8-16(21)19(2)15-6-4-3-5-13(14)15;/h3-6,8,11-12H,7,9-10,18H2,1-2H3;1H. The number of carbonyl (C=O) groups excluding carboxylic acids is 1. The van der Waals surface area contributed by atoms with Gasteiger partial charge in [-0.2, -0.15) is 0 Å². The number of hydrogen-bond acceptors (Lipinski definition) is 3. The van der Waals surface area contributed by atoms with Crippen LogP contribution in [0.5, 0.6) is 0 Å². The first-order chi connectivity index (χ1) is 10.5. The largest absolute Gasteiger partial charge is 0.336 e. The number of pyridine rings is 1. The number of aromatic nitrogens is 1. The van der Waals surface area contributed by atoms with Gasteiger partial charge in [0, 0.05) is 31.1 Å². The molecule has 0 spiro atoms. The van der Waals surface area contributed by atoms with E-state index in [-0.39, 0.29) is 29.9 Å². The Labute approximate surface area is 141 Å². The zero-order chi connectivity index (χ0) is 15.9. The smallest absolute Gasteiger partial charge is 0.254 e. The fourth-order valence-electron chi connectivity index (χ4n) is 3.34. The number of halogens is 1. The summed E-state index contributed by atoms with van der Waals surface area (Å²) in [5.74, 6) is 0.272. The SMILES string of the molecule is CC1CC(CN)CN1C(=O)c1cc(=O)n(C)c2ccccc12.Cl. The van der Waals surface area contributed by atoms with Crippen LogP contribution < -0.4 is 11.3 Å². The van der Waals surface area contributed by atoms with Crippen molar-refractivity contribution in [3.8, 4) is 0 Å². The molecule has 0 radical (unpaired) electrons. The lowest BCUT2D eigenvalue weighted by Crippen LogP contribution is -2.35. The number of hydrogen-bond donors (Lipinski definition) is 1. The third-order valence-electron chi connectivity index (χ3n) is 4.64. The van der Waals surface area contributed by atoms with Gasteiger partial charge in [0.2, 0.25) is 0 Å². The second-order valence-corrected chi connectivity index (χ2v) is 6.12. The molecule has 3 rings (SSSR count). The predicted molar refractivity (Wildman–Crippen MR) is 94.1 cm³/mol. The number of benzene rings is 1. The number of rotatable bonds is 2. The Morgan fingerprint density at radius 2 is 2.04 bits per heavy atom. The van der Waals surface area contributed by atoms with Crippen LogP contribution in [0.4, 0.5) is 0 Å². The minimum absolute atomic E-state index is 0. The first-order valence-corrected chi connectivity index (χ1v) is 7.62. The van der Waals surface area contributed by atoms with E-state index < -0.39 is 0 Å².